The van der Waals surface area contributed by atoms with Gasteiger partial charge in [0.25, 0.3) is 0 Å². The van der Waals surface area contributed by atoms with Crippen LogP contribution in [0.5, 0.6) is 11.5 Å². The summed E-state index contributed by atoms with van der Waals surface area (Å²) in [6.07, 6.45) is 2.37. The summed E-state index contributed by atoms with van der Waals surface area (Å²) >= 11 is 0. The molecule has 1 aliphatic heterocycles. The molecule has 2 aliphatic rings. The quantitative estimate of drug-likeness (QED) is 0.832. The van der Waals surface area contributed by atoms with Gasteiger partial charge in [0.05, 0.1) is 12.6 Å². The lowest BCUT2D eigenvalue weighted by atomic mass is 10.0. The van der Waals surface area contributed by atoms with Crippen LogP contribution < -0.4 is 14.8 Å². The summed E-state index contributed by atoms with van der Waals surface area (Å²) < 4.78 is 10.8. The second-order valence-corrected chi connectivity index (χ2v) is 7.15. The third-order valence-electron chi connectivity index (χ3n) is 4.87. The van der Waals surface area contributed by atoms with E-state index in [0.717, 1.165) is 17.1 Å². The summed E-state index contributed by atoms with van der Waals surface area (Å²) in [5.74, 6) is 2.19. The van der Waals surface area contributed by atoms with Crippen molar-refractivity contribution in [1.29, 1.82) is 0 Å². The van der Waals surface area contributed by atoms with Crippen LogP contribution in [0.1, 0.15) is 30.0 Å². The average molecular weight is 352 g/mol. The van der Waals surface area contributed by atoms with Crippen LogP contribution >= 0.6 is 0 Å². The lowest BCUT2D eigenvalue weighted by Gasteiger charge is -2.22. The fraction of sp³-hybridized carbons (Fsp3) is 0.381. The van der Waals surface area contributed by atoms with Gasteiger partial charge in [0.1, 0.15) is 0 Å². The highest BCUT2D eigenvalue weighted by molar-refractivity contribution is 5.78. The van der Waals surface area contributed by atoms with Gasteiger partial charge in [-0.25, -0.2) is 0 Å². The van der Waals surface area contributed by atoms with Gasteiger partial charge in [0.15, 0.2) is 11.5 Å². The summed E-state index contributed by atoms with van der Waals surface area (Å²) in [6.45, 7) is 1.33. The van der Waals surface area contributed by atoms with Gasteiger partial charge in [0.2, 0.25) is 12.7 Å². The molecule has 1 fully saturated rings. The minimum atomic E-state index is 0.0639. The molecule has 0 aromatic heterocycles. The molecule has 1 atom stereocenters. The van der Waals surface area contributed by atoms with Gasteiger partial charge in [-0.1, -0.05) is 36.4 Å². The van der Waals surface area contributed by atoms with E-state index in [9.17, 15) is 4.79 Å². The van der Waals surface area contributed by atoms with Crippen molar-refractivity contribution in [1.82, 2.24) is 10.2 Å². The monoisotopic (exact) mass is 352 g/mol. The first-order chi connectivity index (χ1) is 12.7. The maximum Gasteiger partial charge on any atom is 0.234 e. The van der Waals surface area contributed by atoms with Gasteiger partial charge in [-0.15, -0.1) is 0 Å². The normalized spacial score (nSPS) is 16.5. The molecule has 2 aromatic rings. The van der Waals surface area contributed by atoms with E-state index in [1.54, 1.807) is 0 Å². The molecule has 26 heavy (non-hydrogen) atoms. The predicted octanol–water partition coefficient (Wildman–Crippen LogP) is 3.11. The number of hydrogen-bond donors (Lipinski definition) is 1. The summed E-state index contributed by atoms with van der Waals surface area (Å²) in [6, 6.07) is 16.3. The molecule has 1 heterocycles. The second kappa shape index (κ2) is 7.38. The molecule has 1 aliphatic carbocycles. The van der Waals surface area contributed by atoms with Crippen molar-refractivity contribution in [3.8, 4) is 11.5 Å². The number of benzene rings is 2. The Morgan fingerprint density at radius 1 is 1.15 bits per heavy atom. The van der Waals surface area contributed by atoms with E-state index in [1.807, 2.05) is 48.3 Å². The van der Waals surface area contributed by atoms with Crippen molar-refractivity contribution < 1.29 is 14.3 Å². The molecule has 2 aromatic carbocycles. The van der Waals surface area contributed by atoms with Crippen molar-refractivity contribution in [3.05, 3.63) is 59.7 Å². The van der Waals surface area contributed by atoms with Crippen molar-refractivity contribution in [3.63, 3.8) is 0 Å². The summed E-state index contributed by atoms with van der Waals surface area (Å²) in [5, 5.41) is 3.23. The van der Waals surface area contributed by atoms with E-state index in [2.05, 4.69) is 17.4 Å². The second-order valence-electron chi connectivity index (χ2n) is 7.15. The van der Waals surface area contributed by atoms with E-state index in [0.29, 0.717) is 19.0 Å². The number of ether oxygens (including phenoxy) is 2. The lowest BCUT2D eigenvalue weighted by Crippen LogP contribution is -2.37. The van der Waals surface area contributed by atoms with Crippen LogP contribution in [0.2, 0.25) is 0 Å². The van der Waals surface area contributed by atoms with E-state index < -0.39 is 0 Å². The Bertz CT molecular complexity index is 774. The molecule has 0 radical (unpaired) electrons. The molecule has 4 rings (SSSR count). The Morgan fingerprint density at radius 3 is 2.69 bits per heavy atom. The molecule has 136 valence electrons. The third kappa shape index (κ3) is 3.99. The van der Waals surface area contributed by atoms with Crippen molar-refractivity contribution >= 4 is 5.91 Å². The molecule has 5 nitrogen and oxygen atoms in total. The number of carbonyl (C=O) groups is 1. The number of carbonyl (C=O) groups excluding carboxylic acids is 1. The number of rotatable bonds is 7. The first-order valence-electron chi connectivity index (χ1n) is 9.10. The number of likely N-dealkylation sites (N-methyl/N-ethyl adjacent to an activating group) is 1. The maximum absolute atomic E-state index is 12.5. The summed E-state index contributed by atoms with van der Waals surface area (Å²) in [7, 11) is 1.96. The van der Waals surface area contributed by atoms with Crippen LogP contribution in [0.15, 0.2) is 48.5 Å². The van der Waals surface area contributed by atoms with Gasteiger partial charge in [0, 0.05) is 6.54 Å². The summed E-state index contributed by atoms with van der Waals surface area (Å²) in [5.41, 5.74) is 2.30. The predicted molar refractivity (Wildman–Crippen MR) is 98.9 cm³/mol. The Kier molecular flexibility index (Phi) is 4.80. The molecule has 1 amide bonds. The minimum Gasteiger partial charge on any atom is -0.454 e. The van der Waals surface area contributed by atoms with E-state index in [1.165, 1.54) is 18.4 Å². The minimum absolute atomic E-state index is 0.0639. The van der Waals surface area contributed by atoms with Crippen LogP contribution in [-0.2, 0) is 11.3 Å². The van der Waals surface area contributed by atoms with Gasteiger partial charge in [-0.2, -0.15) is 0 Å². The van der Waals surface area contributed by atoms with Crippen LogP contribution in [0.4, 0.5) is 0 Å². The Balaban J connectivity index is 1.33. The Morgan fingerprint density at radius 2 is 1.92 bits per heavy atom. The van der Waals surface area contributed by atoms with Crippen molar-refractivity contribution in [2.45, 2.75) is 25.4 Å². The highest BCUT2D eigenvalue weighted by Gasteiger charge is 2.33. The summed E-state index contributed by atoms with van der Waals surface area (Å²) in [4.78, 5) is 14.6. The largest absolute Gasteiger partial charge is 0.454 e. The topological polar surface area (TPSA) is 50.8 Å². The van der Waals surface area contributed by atoms with E-state index >= 15 is 0 Å². The first kappa shape index (κ1) is 16.9. The number of fused-ring (bicyclic) bond motifs is 1. The highest BCUT2D eigenvalue weighted by atomic mass is 16.7. The first-order valence-corrected chi connectivity index (χ1v) is 9.10. The fourth-order valence-electron chi connectivity index (χ4n) is 3.43. The molecule has 0 saturated heterocycles. The third-order valence-corrected chi connectivity index (χ3v) is 4.87. The Hall–Kier alpha value is -2.53. The van der Waals surface area contributed by atoms with E-state index in [-0.39, 0.29) is 18.7 Å². The maximum atomic E-state index is 12.5. The zero-order valence-electron chi connectivity index (χ0n) is 15.0. The van der Waals surface area contributed by atoms with Crippen molar-refractivity contribution in [2.24, 2.45) is 5.92 Å². The van der Waals surface area contributed by atoms with Gasteiger partial charge < -0.3 is 14.8 Å². The Labute approximate surface area is 153 Å². The van der Waals surface area contributed by atoms with Gasteiger partial charge in [-0.05, 0) is 49.1 Å². The molecule has 1 unspecified atom stereocenters. The van der Waals surface area contributed by atoms with Crippen LogP contribution in [0.3, 0.4) is 0 Å². The van der Waals surface area contributed by atoms with Gasteiger partial charge in [-0.3, -0.25) is 9.69 Å². The number of hydrogen-bond acceptors (Lipinski definition) is 4. The number of nitrogens with zero attached hydrogens (tertiary/aromatic N) is 1. The zero-order chi connectivity index (χ0) is 17.9. The molecule has 0 bridgehead atoms. The zero-order valence-corrected chi connectivity index (χ0v) is 15.0. The molecule has 0 spiro atoms. The molecule has 1 saturated carbocycles. The highest BCUT2D eigenvalue weighted by Crippen LogP contribution is 2.40. The SMILES string of the molecule is CN(CC(=O)NC(c1ccccc1)C1CC1)Cc1ccc2c(c1)OCO2. The van der Waals surface area contributed by atoms with E-state index in [4.69, 9.17) is 9.47 Å². The molecular formula is C21H24N2O3. The van der Waals surface area contributed by atoms with Crippen LogP contribution in [0.25, 0.3) is 0 Å². The van der Waals surface area contributed by atoms with Crippen LogP contribution in [-0.4, -0.2) is 31.2 Å². The molecule has 1 N–H and O–H groups in total. The fourth-order valence-corrected chi connectivity index (χ4v) is 3.43. The standard InChI is InChI=1S/C21H24N2O3/c1-23(12-15-7-10-18-19(11-15)26-14-25-18)13-20(24)22-21(17-8-9-17)16-5-3-2-4-6-16/h2-7,10-11,17,21H,8-9,12-14H2,1H3,(H,22,24). The number of nitrogens with one attached hydrogen (secondary N) is 1. The van der Waals surface area contributed by atoms with Crippen molar-refractivity contribution in [2.75, 3.05) is 20.4 Å². The molecular weight excluding hydrogens is 328 g/mol. The average Bonchev–Trinajstić information content (AvgIpc) is 3.37. The van der Waals surface area contributed by atoms with Gasteiger partial charge >= 0.3 is 0 Å². The molecule has 5 heteroatoms. The lowest BCUT2D eigenvalue weighted by molar-refractivity contribution is -0.123. The van der Waals surface area contributed by atoms with Crippen LogP contribution in [0, 0.1) is 5.92 Å². The number of amides is 1. The smallest absolute Gasteiger partial charge is 0.234 e.